The highest BCUT2D eigenvalue weighted by Crippen LogP contribution is 2.34. The smallest absolute Gasteiger partial charge is 0.230 e. The lowest BCUT2D eigenvalue weighted by atomic mass is 10.1. The molecule has 2 aromatic carbocycles. The van der Waals surface area contributed by atoms with Gasteiger partial charge in [-0.3, -0.25) is 4.79 Å². The molecule has 1 heterocycles. The summed E-state index contributed by atoms with van der Waals surface area (Å²) in [7, 11) is 3.12. The van der Waals surface area contributed by atoms with Crippen LogP contribution < -0.4 is 14.8 Å². The van der Waals surface area contributed by atoms with E-state index in [9.17, 15) is 4.79 Å². The van der Waals surface area contributed by atoms with Crippen LogP contribution in [0, 0.1) is 0 Å². The van der Waals surface area contributed by atoms with E-state index in [0.717, 1.165) is 11.1 Å². The Morgan fingerprint density at radius 1 is 1.10 bits per heavy atom. The zero-order chi connectivity index (χ0) is 20.8. The van der Waals surface area contributed by atoms with Crippen LogP contribution in [0.15, 0.2) is 40.7 Å². The molecule has 1 N–H and O–H groups in total. The van der Waals surface area contributed by atoms with E-state index in [4.69, 9.17) is 32.7 Å². The lowest BCUT2D eigenvalue weighted by Gasteiger charge is -2.09. The lowest BCUT2D eigenvalue weighted by molar-refractivity contribution is -0.115. The number of ether oxygens (including phenoxy) is 2. The molecular formula is C19H17Cl2N3O3S2. The fourth-order valence-electron chi connectivity index (χ4n) is 2.46. The monoisotopic (exact) mass is 469 g/mol. The standard InChI is InChI=1S/C19H17Cl2N3O3S2/c1-26-15-7-6-11(8-16(15)27-2)9-17(25)22-18-23-24-19(29-18)28-10-12-13(20)4-3-5-14(12)21/h3-8H,9-10H2,1-2H3,(H,22,23,25). The van der Waals surface area contributed by atoms with E-state index in [2.05, 4.69) is 15.5 Å². The van der Waals surface area contributed by atoms with Gasteiger partial charge in [0.2, 0.25) is 11.0 Å². The van der Waals surface area contributed by atoms with E-state index in [-0.39, 0.29) is 12.3 Å². The Bertz CT molecular complexity index is 994. The van der Waals surface area contributed by atoms with Crippen molar-refractivity contribution in [3.63, 3.8) is 0 Å². The molecule has 0 aliphatic carbocycles. The summed E-state index contributed by atoms with van der Waals surface area (Å²) in [6.07, 6.45) is 0.178. The first kappa shape index (κ1) is 21.7. The van der Waals surface area contributed by atoms with Crippen molar-refractivity contribution >= 4 is 57.3 Å². The lowest BCUT2D eigenvalue weighted by Crippen LogP contribution is -2.14. The van der Waals surface area contributed by atoms with Gasteiger partial charge < -0.3 is 14.8 Å². The van der Waals surface area contributed by atoms with Gasteiger partial charge in [-0.25, -0.2) is 0 Å². The van der Waals surface area contributed by atoms with Gasteiger partial charge in [0.25, 0.3) is 0 Å². The maximum absolute atomic E-state index is 12.3. The molecule has 3 rings (SSSR count). The average molecular weight is 470 g/mol. The van der Waals surface area contributed by atoms with Gasteiger partial charge in [0.05, 0.1) is 20.6 Å². The van der Waals surface area contributed by atoms with Crippen LogP contribution in [0.1, 0.15) is 11.1 Å². The second-order valence-electron chi connectivity index (χ2n) is 5.78. The molecule has 0 radical (unpaired) electrons. The highest BCUT2D eigenvalue weighted by Gasteiger charge is 2.13. The number of aromatic nitrogens is 2. The van der Waals surface area contributed by atoms with Crippen molar-refractivity contribution in [1.82, 2.24) is 10.2 Å². The van der Waals surface area contributed by atoms with Crippen molar-refractivity contribution < 1.29 is 14.3 Å². The number of thioether (sulfide) groups is 1. The van der Waals surface area contributed by atoms with E-state index in [1.54, 1.807) is 44.6 Å². The highest BCUT2D eigenvalue weighted by atomic mass is 35.5. The minimum atomic E-state index is -0.195. The van der Waals surface area contributed by atoms with Crippen molar-refractivity contribution in [1.29, 1.82) is 0 Å². The molecule has 0 atom stereocenters. The third-order valence-corrected chi connectivity index (χ3v) is 6.57. The molecule has 0 saturated heterocycles. The topological polar surface area (TPSA) is 73.3 Å². The summed E-state index contributed by atoms with van der Waals surface area (Å²) in [5, 5.41) is 12.5. The zero-order valence-electron chi connectivity index (χ0n) is 15.6. The number of rotatable bonds is 8. The molecule has 10 heteroatoms. The first-order valence-corrected chi connectivity index (χ1v) is 11.0. The summed E-state index contributed by atoms with van der Waals surface area (Å²) in [6, 6.07) is 10.7. The maximum Gasteiger partial charge on any atom is 0.230 e. The minimum Gasteiger partial charge on any atom is -0.493 e. The molecule has 0 saturated carbocycles. The Morgan fingerprint density at radius 3 is 2.52 bits per heavy atom. The molecule has 0 aliphatic heterocycles. The summed E-state index contributed by atoms with van der Waals surface area (Å²) in [5.41, 5.74) is 1.64. The summed E-state index contributed by atoms with van der Waals surface area (Å²) in [5.74, 6) is 1.55. The molecule has 152 valence electrons. The van der Waals surface area contributed by atoms with Crippen molar-refractivity contribution in [3.8, 4) is 11.5 Å². The Kier molecular flexibility index (Phi) is 7.60. The van der Waals surface area contributed by atoms with E-state index in [1.165, 1.54) is 23.1 Å². The molecule has 3 aromatic rings. The number of nitrogens with zero attached hydrogens (tertiary/aromatic N) is 2. The molecule has 0 fully saturated rings. The van der Waals surface area contributed by atoms with E-state index in [1.807, 2.05) is 6.07 Å². The van der Waals surface area contributed by atoms with Crippen molar-refractivity contribution in [2.24, 2.45) is 0 Å². The van der Waals surface area contributed by atoms with Crippen molar-refractivity contribution in [2.45, 2.75) is 16.5 Å². The second-order valence-corrected chi connectivity index (χ2v) is 8.79. The van der Waals surface area contributed by atoms with Crippen LogP contribution in [0.3, 0.4) is 0 Å². The number of hydrogen-bond donors (Lipinski definition) is 1. The summed E-state index contributed by atoms with van der Waals surface area (Å²) in [4.78, 5) is 12.3. The maximum atomic E-state index is 12.3. The molecule has 1 aromatic heterocycles. The van der Waals surface area contributed by atoms with Gasteiger partial charge in [-0.15, -0.1) is 10.2 Å². The molecule has 0 aliphatic rings. The summed E-state index contributed by atoms with van der Waals surface area (Å²) < 4.78 is 11.2. The van der Waals surface area contributed by atoms with Gasteiger partial charge in [-0.2, -0.15) is 0 Å². The number of methoxy groups -OCH3 is 2. The van der Waals surface area contributed by atoms with E-state index >= 15 is 0 Å². The summed E-state index contributed by atoms with van der Waals surface area (Å²) >= 11 is 15.1. The van der Waals surface area contributed by atoms with Gasteiger partial charge in [-0.05, 0) is 35.4 Å². The Morgan fingerprint density at radius 2 is 1.83 bits per heavy atom. The van der Waals surface area contributed by atoms with Crippen LogP contribution >= 0.6 is 46.3 Å². The van der Waals surface area contributed by atoms with Crippen LogP contribution in [-0.4, -0.2) is 30.3 Å². The Balaban J connectivity index is 1.58. The molecular weight excluding hydrogens is 453 g/mol. The number of carbonyl (C=O) groups excluding carboxylic acids is 1. The molecule has 0 spiro atoms. The molecule has 0 unspecified atom stereocenters. The fourth-order valence-corrected chi connectivity index (χ4v) is 4.97. The first-order valence-electron chi connectivity index (χ1n) is 8.40. The van der Waals surface area contributed by atoms with Gasteiger partial charge in [0.15, 0.2) is 15.8 Å². The average Bonchev–Trinajstić information content (AvgIpc) is 3.14. The van der Waals surface area contributed by atoms with Crippen LogP contribution in [-0.2, 0) is 17.0 Å². The number of hydrogen-bond acceptors (Lipinski definition) is 7. The Hall–Kier alpha value is -2.00. The number of nitrogens with one attached hydrogen (secondary N) is 1. The molecule has 1 amide bonds. The number of amides is 1. The second kappa shape index (κ2) is 10.2. The molecule has 0 bridgehead atoms. The Labute approximate surface area is 186 Å². The minimum absolute atomic E-state index is 0.178. The van der Waals surface area contributed by atoms with Crippen LogP contribution in [0.4, 0.5) is 5.13 Å². The number of benzene rings is 2. The van der Waals surface area contributed by atoms with Gasteiger partial charge in [0.1, 0.15) is 0 Å². The van der Waals surface area contributed by atoms with Crippen LogP contribution in [0.25, 0.3) is 0 Å². The highest BCUT2D eigenvalue weighted by molar-refractivity contribution is 8.00. The first-order chi connectivity index (χ1) is 14.0. The number of carbonyl (C=O) groups is 1. The molecule has 29 heavy (non-hydrogen) atoms. The van der Waals surface area contributed by atoms with Crippen molar-refractivity contribution in [2.75, 3.05) is 19.5 Å². The van der Waals surface area contributed by atoms with E-state index < -0.39 is 0 Å². The largest absolute Gasteiger partial charge is 0.493 e. The van der Waals surface area contributed by atoms with Crippen LogP contribution in [0.5, 0.6) is 11.5 Å². The van der Waals surface area contributed by atoms with Gasteiger partial charge in [-0.1, -0.05) is 58.4 Å². The molecule has 6 nitrogen and oxygen atoms in total. The van der Waals surface area contributed by atoms with E-state index in [0.29, 0.717) is 36.8 Å². The number of halogens is 2. The predicted molar refractivity (Wildman–Crippen MR) is 118 cm³/mol. The fraction of sp³-hybridized carbons (Fsp3) is 0.211. The van der Waals surface area contributed by atoms with Gasteiger partial charge in [0, 0.05) is 15.8 Å². The van der Waals surface area contributed by atoms with Gasteiger partial charge >= 0.3 is 0 Å². The normalized spacial score (nSPS) is 10.6. The quantitative estimate of drug-likeness (QED) is 0.354. The van der Waals surface area contributed by atoms with Crippen LogP contribution in [0.2, 0.25) is 10.0 Å². The predicted octanol–water partition coefficient (Wildman–Crippen LogP) is 5.34. The summed E-state index contributed by atoms with van der Waals surface area (Å²) in [6.45, 7) is 0. The van der Waals surface area contributed by atoms with Crippen molar-refractivity contribution in [3.05, 3.63) is 57.6 Å². The zero-order valence-corrected chi connectivity index (χ0v) is 18.7. The third-order valence-electron chi connectivity index (χ3n) is 3.87. The third kappa shape index (κ3) is 5.76. The number of anilines is 1. The SMILES string of the molecule is COc1ccc(CC(=O)Nc2nnc(SCc3c(Cl)cccc3Cl)s2)cc1OC.